The van der Waals surface area contributed by atoms with Gasteiger partial charge in [-0.3, -0.25) is 0 Å². The molecule has 1 aromatic heterocycles. The summed E-state index contributed by atoms with van der Waals surface area (Å²) in [5.41, 5.74) is 1.73. The van der Waals surface area contributed by atoms with Gasteiger partial charge in [-0.25, -0.2) is 9.78 Å². The summed E-state index contributed by atoms with van der Waals surface area (Å²) in [6.07, 6.45) is 0. The minimum atomic E-state index is -0.426. The van der Waals surface area contributed by atoms with E-state index in [4.69, 9.17) is 16.3 Å². The van der Waals surface area contributed by atoms with Crippen molar-refractivity contribution in [3.63, 3.8) is 0 Å². The van der Waals surface area contributed by atoms with Gasteiger partial charge in [-0.1, -0.05) is 23.7 Å². The zero-order valence-corrected chi connectivity index (χ0v) is 10.9. The van der Waals surface area contributed by atoms with E-state index in [-0.39, 0.29) is 0 Å². The lowest BCUT2D eigenvalue weighted by Crippen LogP contribution is -2.06. The van der Waals surface area contributed by atoms with E-state index in [0.717, 1.165) is 5.56 Å². The van der Waals surface area contributed by atoms with Crippen molar-refractivity contribution in [3.8, 4) is 11.4 Å². The SMILES string of the molecule is CCOC(=O)c1nc(-c2ccccc2Cl)[nH]c1C. The highest BCUT2D eigenvalue weighted by atomic mass is 35.5. The van der Waals surface area contributed by atoms with Gasteiger partial charge in [0.25, 0.3) is 0 Å². The minimum absolute atomic E-state index is 0.298. The molecule has 0 radical (unpaired) electrons. The van der Waals surface area contributed by atoms with E-state index in [1.54, 1.807) is 19.9 Å². The van der Waals surface area contributed by atoms with E-state index >= 15 is 0 Å². The molecule has 2 aromatic rings. The van der Waals surface area contributed by atoms with Crippen LogP contribution in [0, 0.1) is 6.92 Å². The number of nitrogens with one attached hydrogen (secondary N) is 1. The molecule has 0 amide bonds. The highest BCUT2D eigenvalue weighted by molar-refractivity contribution is 6.33. The lowest BCUT2D eigenvalue weighted by molar-refractivity contribution is 0.0519. The summed E-state index contributed by atoms with van der Waals surface area (Å²) in [5, 5.41) is 0.585. The van der Waals surface area contributed by atoms with Crippen molar-refractivity contribution < 1.29 is 9.53 Å². The van der Waals surface area contributed by atoms with Gasteiger partial charge in [0, 0.05) is 11.3 Å². The molecular weight excluding hydrogens is 252 g/mol. The smallest absolute Gasteiger partial charge is 0.358 e. The maximum Gasteiger partial charge on any atom is 0.358 e. The fourth-order valence-corrected chi connectivity index (χ4v) is 1.86. The fraction of sp³-hybridized carbons (Fsp3) is 0.231. The van der Waals surface area contributed by atoms with Crippen molar-refractivity contribution in [2.45, 2.75) is 13.8 Å². The number of halogens is 1. The largest absolute Gasteiger partial charge is 0.461 e. The predicted molar refractivity (Wildman–Crippen MR) is 69.7 cm³/mol. The number of carbonyl (C=O) groups excluding carboxylic acids is 1. The van der Waals surface area contributed by atoms with Gasteiger partial charge in [0.05, 0.1) is 11.6 Å². The standard InChI is InChI=1S/C13H13ClN2O2/c1-3-18-13(17)11-8(2)15-12(16-11)9-6-4-5-7-10(9)14/h4-7H,3H2,1-2H3,(H,15,16). The second-order valence-corrected chi connectivity index (χ2v) is 4.17. The molecule has 5 heteroatoms. The molecule has 0 saturated carbocycles. The monoisotopic (exact) mass is 264 g/mol. The average molecular weight is 265 g/mol. The average Bonchev–Trinajstić information content (AvgIpc) is 2.72. The number of aromatic amines is 1. The van der Waals surface area contributed by atoms with Crippen molar-refractivity contribution in [1.29, 1.82) is 0 Å². The molecule has 0 spiro atoms. The number of rotatable bonds is 3. The van der Waals surface area contributed by atoms with E-state index in [2.05, 4.69) is 9.97 Å². The van der Waals surface area contributed by atoms with Crippen LogP contribution in [-0.2, 0) is 4.74 Å². The van der Waals surface area contributed by atoms with Crippen molar-refractivity contribution in [2.24, 2.45) is 0 Å². The Morgan fingerprint density at radius 2 is 2.17 bits per heavy atom. The number of hydrogen-bond donors (Lipinski definition) is 1. The molecule has 0 fully saturated rings. The number of aryl methyl sites for hydroxylation is 1. The van der Waals surface area contributed by atoms with Crippen LogP contribution >= 0.6 is 11.6 Å². The van der Waals surface area contributed by atoms with Gasteiger partial charge >= 0.3 is 5.97 Å². The highest BCUT2D eigenvalue weighted by Gasteiger charge is 2.17. The predicted octanol–water partition coefficient (Wildman–Crippen LogP) is 3.22. The maximum atomic E-state index is 11.7. The molecule has 4 nitrogen and oxygen atoms in total. The Balaban J connectivity index is 2.41. The van der Waals surface area contributed by atoms with Gasteiger partial charge < -0.3 is 9.72 Å². The number of esters is 1. The molecule has 18 heavy (non-hydrogen) atoms. The highest BCUT2D eigenvalue weighted by Crippen LogP contribution is 2.26. The summed E-state index contributed by atoms with van der Waals surface area (Å²) in [6, 6.07) is 7.32. The molecule has 1 N–H and O–H groups in total. The second kappa shape index (κ2) is 5.23. The number of carbonyl (C=O) groups is 1. The van der Waals surface area contributed by atoms with Crippen molar-refractivity contribution >= 4 is 17.6 Å². The van der Waals surface area contributed by atoms with E-state index in [0.29, 0.717) is 28.8 Å². The lowest BCUT2D eigenvalue weighted by atomic mass is 10.2. The number of H-pyrrole nitrogens is 1. The Hall–Kier alpha value is -1.81. The van der Waals surface area contributed by atoms with Gasteiger partial charge in [0.1, 0.15) is 5.82 Å². The van der Waals surface area contributed by atoms with Gasteiger partial charge in [0.15, 0.2) is 5.69 Å². The van der Waals surface area contributed by atoms with Crippen LogP contribution in [0.1, 0.15) is 23.1 Å². The van der Waals surface area contributed by atoms with Crippen molar-refractivity contribution in [3.05, 3.63) is 40.7 Å². The van der Waals surface area contributed by atoms with E-state index < -0.39 is 5.97 Å². The summed E-state index contributed by atoms with van der Waals surface area (Å²) < 4.78 is 4.93. The first-order valence-electron chi connectivity index (χ1n) is 5.62. The molecule has 0 unspecified atom stereocenters. The Morgan fingerprint density at radius 1 is 1.44 bits per heavy atom. The first-order chi connectivity index (χ1) is 8.63. The van der Waals surface area contributed by atoms with E-state index in [1.165, 1.54) is 0 Å². The Kier molecular flexibility index (Phi) is 3.67. The topological polar surface area (TPSA) is 55.0 Å². The summed E-state index contributed by atoms with van der Waals surface area (Å²) in [5.74, 6) is 0.144. The van der Waals surface area contributed by atoms with Gasteiger partial charge in [0.2, 0.25) is 0 Å². The van der Waals surface area contributed by atoms with Gasteiger partial charge in [-0.2, -0.15) is 0 Å². The third kappa shape index (κ3) is 2.38. The van der Waals surface area contributed by atoms with Crippen LogP contribution in [0.5, 0.6) is 0 Å². The number of nitrogens with zero attached hydrogens (tertiary/aromatic N) is 1. The van der Waals surface area contributed by atoms with Crippen molar-refractivity contribution in [2.75, 3.05) is 6.61 Å². The molecule has 2 rings (SSSR count). The van der Waals surface area contributed by atoms with Crippen LogP contribution in [0.25, 0.3) is 11.4 Å². The van der Waals surface area contributed by atoms with Gasteiger partial charge in [-0.15, -0.1) is 0 Å². The van der Waals surface area contributed by atoms with E-state index in [9.17, 15) is 4.79 Å². The molecule has 1 aromatic carbocycles. The van der Waals surface area contributed by atoms with Crippen LogP contribution in [0.3, 0.4) is 0 Å². The zero-order chi connectivity index (χ0) is 13.1. The fourth-order valence-electron chi connectivity index (χ4n) is 1.64. The molecule has 0 aliphatic heterocycles. The molecule has 0 aliphatic rings. The van der Waals surface area contributed by atoms with Crippen LogP contribution in [0.4, 0.5) is 0 Å². The van der Waals surface area contributed by atoms with Crippen molar-refractivity contribution in [1.82, 2.24) is 9.97 Å². The quantitative estimate of drug-likeness (QED) is 0.866. The molecular formula is C13H13ClN2O2. The summed E-state index contributed by atoms with van der Waals surface area (Å²) in [4.78, 5) is 18.9. The van der Waals surface area contributed by atoms with Crippen LogP contribution in [0.2, 0.25) is 5.02 Å². The zero-order valence-electron chi connectivity index (χ0n) is 10.2. The van der Waals surface area contributed by atoms with Crippen LogP contribution in [-0.4, -0.2) is 22.5 Å². The maximum absolute atomic E-state index is 11.7. The van der Waals surface area contributed by atoms with E-state index in [1.807, 2.05) is 18.2 Å². The number of hydrogen-bond acceptors (Lipinski definition) is 3. The normalized spacial score (nSPS) is 10.4. The molecule has 1 heterocycles. The Labute approximate surface area is 110 Å². The number of aromatic nitrogens is 2. The third-order valence-corrected chi connectivity index (χ3v) is 2.81. The molecule has 0 aliphatic carbocycles. The summed E-state index contributed by atoms with van der Waals surface area (Å²) in [7, 11) is 0. The molecule has 0 atom stereocenters. The Morgan fingerprint density at radius 3 is 2.83 bits per heavy atom. The molecule has 94 valence electrons. The third-order valence-electron chi connectivity index (χ3n) is 2.48. The molecule has 0 saturated heterocycles. The number of imidazole rings is 1. The Bertz CT molecular complexity index is 578. The first-order valence-corrected chi connectivity index (χ1v) is 6.00. The van der Waals surface area contributed by atoms with Crippen LogP contribution < -0.4 is 0 Å². The second-order valence-electron chi connectivity index (χ2n) is 3.76. The summed E-state index contributed by atoms with van der Waals surface area (Å²) in [6.45, 7) is 3.86. The summed E-state index contributed by atoms with van der Waals surface area (Å²) >= 11 is 6.08. The lowest BCUT2D eigenvalue weighted by Gasteiger charge is -1.99. The minimum Gasteiger partial charge on any atom is -0.461 e. The number of benzene rings is 1. The number of ether oxygens (including phenoxy) is 1. The first kappa shape index (κ1) is 12.6. The molecule has 0 bridgehead atoms. The van der Waals surface area contributed by atoms with Crippen LogP contribution in [0.15, 0.2) is 24.3 Å². The van der Waals surface area contributed by atoms with Gasteiger partial charge in [-0.05, 0) is 26.0 Å².